The molecular formula is C14H22ClNO2S2. The standard InChI is InChI=1S/C14H22ClNO2S2/c1-10-9-19-12(7-15)13(10)20(17,18)16-6-5-11(8-16)14(2,3)4/h9,11H,5-8H2,1-4H3. The average molecular weight is 336 g/mol. The fourth-order valence-electron chi connectivity index (χ4n) is 2.71. The van der Waals surface area contributed by atoms with Crippen LogP contribution in [-0.2, 0) is 15.9 Å². The number of alkyl halides is 1. The Hall–Kier alpha value is -0.100. The van der Waals surface area contributed by atoms with E-state index in [0.717, 1.165) is 16.9 Å². The number of thiophene rings is 1. The fourth-order valence-corrected chi connectivity index (χ4v) is 6.22. The molecule has 0 radical (unpaired) electrons. The summed E-state index contributed by atoms with van der Waals surface area (Å²) < 4.78 is 27.3. The lowest BCUT2D eigenvalue weighted by Crippen LogP contribution is -2.31. The van der Waals surface area contributed by atoms with Gasteiger partial charge >= 0.3 is 0 Å². The van der Waals surface area contributed by atoms with Crippen LogP contribution in [0.2, 0.25) is 0 Å². The second-order valence-electron chi connectivity index (χ2n) is 6.52. The summed E-state index contributed by atoms with van der Waals surface area (Å²) in [5.41, 5.74) is 0.952. The van der Waals surface area contributed by atoms with Crippen molar-refractivity contribution in [2.24, 2.45) is 11.3 Å². The van der Waals surface area contributed by atoms with Gasteiger partial charge in [-0.3, -0.25) is 0 Å². The molecule has 0 bridgehead atoms. The van der Waals surface area contributed by atoms with E-state index in [1.807, 2.05) is 12.3 Å². The van der Waals surface area contributed by atoms with Gasteiger partial charge in [0.15, 0.2) is 0 Å². The van der Waals surface area contributed by atoms with Gasteiger partial charge in [0.25, 0.3) is 0 Å². The van der Waals surface area contributed by atoms with Gasteiger partial charge in [0.2, 0.25) is 10.0 Å². The van der Waals surface area contributed by atoms with Crippen molar-refractivity contribution in [1.82, 2.24) is 4.31 Å². The van der Waals surface area contributed by atoms with Crippen LogP contribution < -0.4 is 0 Å². The Balaban J connectivity index is 2.31. The predicted molar refractivity (Wildman–Crippen MR) is 84.9 cm³/mol. The van der Waals surface area contributed by atoms with Crippen LogP contribution in [0.3, 0.4) is 0 Å². The number of sulfonamides is 1. The zero-order chi connectivity index (χ0) is 15.1. The lowest BCUT2D eigenvalue weighted by Gasteiger charge is -2.27. The van der Waals surface area contributed by atoms with Crippen LogP contribution in [-0.4, -0.2) is 25.8 Å². The number of hydrogen-bond donors (Lipinski definition) is 0. The molecule has 1 unspecified atom stereocenters. The summed E-state index contributed by atoms with van der Waals surface area (Å²) in [6.07, 6.45) is 0.933. The quantitative estimate of drug-likeness (QED) is 0.787. The lowest BCUT2D eigenvalue weighted by atomic mass is 9.80. The van der Waals surface area contributed by atoms with Crippen molar-refractivity contribution in [3.05, 3.63) is 15.8 Å². The summed E-state index contributed by atoms with van der Waals surface area (Å²) in [5, 5.41) is 1.88. The first-order chi connectivity index (χ1) is 9.17. The van der Waals surface area contributed by atoms with Crippen molar-refractivity contribution in [3.8, 4) is 0 Å². The second-order valence-corrected chi connectivity index (χ2v) is 9.63. The molecule has 1 fully saturated rings. The van der Waals surface area contributed by atoms with Gasteiger partial charge < -0.3 is 0 Å². The SMILES string of the molecule is Cc1csc(CCl)c1S(=O)(=O)N1CCC(C(C)(C)C)C1. The zero-order valence-electron chi connectivity index (χ0n) is 12.4. The maximum Gasteiger partial charge on any atom is 0.244 e. The molecule has 0 spiro atoms. The number of aryl methyl sites for hydroxylation is 1. The normalized spacial score (nSPS) is 21.6. The van der Waals surface area contributed by atoms with Crippen molar-refractivity contribution >= 4 is 33.0 Å². The Morgan fingerprint density at radius 3 is 2.60 bits per heavy atom. The first-order valence-corrected chi connectivity index (χ1v) is 9.66. The molecule has 1 aromatic rings. The highest BCUT2D eigenvalue weighted by Crippen LogP contribution is 2.38. The molecular weight excluding hydrogens is 314 g/mol. The van der Waals surface area contributed by atoms with E-state index in [1.54, 1.807) is 4.31 Å². The van der Waals surface area contributed by atoms with E-state index < -0.39 is 10.0 Å². The van der Waals surface area contributed by atoms with Crippen LogP contribution in [0.4, 0.5) is 0 Å². The largest absolute Gasteiger partial charge is 0.244 e. The van der Waals surface area contributed by atoms with Gasteiger partial charge in [0.1, 0.15) is 4.90 Å². The molecule has 2 rings (SSSR count). The average Bonchev–Trinajstić information content (AvgIpc) is 2.94. The highest BCUT2D eigenvalue weighted by Gasteiger charge is 2.39. The summed E-state index contributed by atoms with van der Waals surface area (Å²) in [5.74, 6) is 0.666. The van der Waals surface area contributed by atoms with E-state index in [9.17, 15) is 8.42 Å². The molecule has 0 aromatic carbocycles. The molecule has 1 saturated heterocycles. The minimum absolute atomic E-state index is 0.142. The van der Waals surface area contributed by atoms with Crippen molar-refractivity contribution in [1.29, 1.82) is 0 Å². The van der Waals surface area contributed by atoms with E-state index in [1.165, 1.54) is 11.3 Å². The Morgan fingerprint density at radius 1 is 1.45 bits per heavy atom. The minimum atomic E-state index is -3.40. The Morgan fingerprint density at radius 2 is 2.10 bits per heavy atom. The van der Waals surface area contributed by atoms with Crippen LogP contribution in [0, 0.1) is 18.3 Å². The van der Waals surface area contributed by atoms with Crippen LogP contribution >= 0.6 is 22.9 Å². The Bertz CT molecular complexity index is 587. The maximum absolute atomic E-state index is 12.8. The van der Waals surface area contributed by atoms with Crippen molar-refractivity contribution in [3.63, 3.8) is 0 Å². The van der Waals surface area contributed by atoms with Crippen LogP contribution in [0.15, 0.2) is 10.3 Å². The molecule has 6 heteroatoms. The maximum atomic E-state index is 12.8. The van der Waals surface area contributed by atoms with Gasteiger partial charge in [-0.15, -0.1) is 22.9 Å². The zero-order valence-corrected chi connectivity index (χ0v) is 14.8. The van der Waals surface area contributed by atoms with E-state index >= 15 is 0 Å². The van der Waals surface area contributed by atoms with Gasteiger partial charge in [-0.2, -0.15) is 4.31 Å². The molecule has 2 heterocycles. The van der Waals surface area contributed by atoms with Crippen LogP contribution in [0.1, 0.15) is 37.6 Å². The lowest BCUT2D eigenvalue weighted by molar-refractivity contribution is 0.252. The topological polar surface area (TPSA) is 37.4 Å². The number of hydrogen-bond acceptors (Lipinski definition) is 3. The summed E-state index contributed by atoms with van der Waals surface area (Å²) in [4.78, 5) is 1.19. The van der Waals surface area contributed by atoms with E-state index in [-0.39, 0.29) is 11.3 Å². The highest BCUT2D eigenvalue weighted by molar-refractivity contribution is 7.89. The third-order valence-electron chi connectivity index (χ3n) is 4.08. The van der Waals surface area contributed by atoms with Gasteiger partial charge in [-0.1, -0.05) is 20.8 Å². The number of nitrogens with zero attached hydrogens (tertiary/aromatic N) is 1. The molecule has 1 aliphatic heterocycles. The van der Waals surface area contributed by atoms with Crippen LogP contribution in [0.25, 0.3) is 0 Å². The first kappa shape index (κ1) is 16.3. The highest BCUT2D eigenvalue weighted by atomic mass is 35.5. The Kier molecular flexibility index (Phi) is 4.55. The summed E-state index contributed by atoms with van der Waals surface area (Å²) in [7, 11) is -3.40. The van der Waals surface area contributed by atoms with E-state index in [2.05, 4.69) is 20.8 Å². The molecule has 1 atom stereocenters. The summed E-state index contributed by atoms with van der Waals surface area (Å²) in [6, 6.07) is 0. The molecule has 114 valence electrons. The van der Waals surface area contributed by atoms with E-state index in [0.29, 0.717) is 23.9 Å². The predicted octanol–water partition coefficient (Wildman–Crippen LogP) is 3.85. The molecule has 1 aromatic heterocycles. The minimum Gasteiger partial charge on any atom is -0.207 e. The molecule has 0 saturated carbocycles. The van der Waals surface area contributed by atoms with Crippen LogP contribution in [0.5, 0.6) is 0 Å². The fraction of sp³-hybridized carbons (Fsp3) is 0.714. The molecule has 0 amide bonds. The third-order valence-corrected chi connectivity index (χ3v) is 7.84. The molecule has 3 nitrogen and oxygen atoms in total. The van der Waals surface area contributed by atoms with Gasteiger partial charge in [0.05, 0.1) is 5.88 Å². The van der Waals surface area contributed by atoms with Gasteiger partial charge in [-0.25, -0.2) is 8.42 Å². The summed E-state index contributed by atoms with van der Waals surface area (Å²) >= 11 is 7.32. The molecule has 0 aliphatic carbocycles. The van der Waals surface area contributed by atoms with Crippen molar-refractivity contribution in [2.45, 2.75) is 44.9 Å². The smallest absolute Gasteiger partial charge is 0.207 e. The monoisotopic (exact) mass is 335 g/mol. The first-order valence-electron chi connectivity index (χ1n) is 6.81. The van der Waals surface area contributed by atoms with Crippen molar-refractivity contribution in [2.75, 3.05) is 13.1 Å². The van der Waals surface area contributed by atoms with E-state index in [4.69, 9.17) is 11.6 Å². The second kappa shape index (κ2) is 5.59. The van der Waals surface area contributed by atoms with Gasteiger partial charge in [0, 0.05) is 18.0 Å². The summed E-state index contributed by atoms with van der Waals surface area (Å²) in [6.45, 7) is 9.59. The van der Waals surface area contributed by atoms with Crippen molar-refractivity contribution < 1.29 is 8.42 Å². The third kappa shape index (κ3) is 2.91. The number of rotatable bonds is 3. The molecule has 1 aliphatic rings. The van der Waals surface area contributed by atoms with Gasteiger partial charge in [-0.05, 0) is 35.6 Å². The molecule has 0 N–H and O–H groups in total. The number of halogens is 1. The Labute approximate surface area is 131 Å². The molecule has 20 heavy (non-hydrogen) atoms.